The minimum Gasteiger partial charge on any atom is -0.489 e. The summed E-state index contributed by atoms with van der Waals surface area (Å²) in [5.41, 5.74) is 2.10. The first kappa shape index (κ1) is 20.1. The van der Waals surface area contributed by atoms with Gasteiger partial charge in [0.1, 0.15) is 24.3 Å². The summed E-state index contributed by atoms with van der Waals surface area (Å²) in [6.45, 7) is 3.03. The van der Waals surface area contributed by atoms with Crippen molar-refractivity contribution >= 4 is 23.8 Å². The van der Waals surface area contributed by atoms with Gasteiger partial charge in [-0.15, -0.1) is 11.8 Å². The normalized spacial score (nSPS) is 15.9. The molecule has 7 heteroatoms. The van der Waals surface area contributed by atoms with Crippen LogP contribution in [0.15, 0.2) is 54.6 Å². The monoisotopic (exact) mass is 400 g/mol. The van der Waals surface area contributed by atoms with Crippen LogP contribution in [0, 0.1) is 0 Å². The van der Waals surface area contributed by atoms with Crippen molar-refractivity contribution < 1.29 is 19.1 Å². The van der Waals surface area contributed by atoms with Crippen molar-refractivity contribution in [1.29, 1.82) is 0 Å². The second kappa shape index (κ2) is 10.0. The molecule has 3 rings (SSSR count). The Kier molecular flexibility index (Phi) is 7.19. The Hall–Kier alpha value is -2.67. The summed E-state index contributed by atoms with van der Waals surface area (Å²) in [5, 5.41) is 2.53. The van der Waals surface area contributed by atoms with Crippen LogP contribution in [0.1, 0.15) is 23.4 Å². The van der Waals surface area contributed by atoms with E-state index in [9.17, 15) is 9.59 Å². The number of carbonyl (C=O) groups excluding carboxylic acids is 2. The number of hydrogen-bond acceptors (Lipinski definition) is 5. The molecule has 1 saturated heterocycles. The zero-order chi connectivity index (χ0) is 19.8. The molecule has 148 valence electrons. The third-order valence-electron chi connectivity index (χ3n) is 4.23. The van der Waals surface area contributed by atoms with E-state index < -0.39 is 5.97 Å². The summed E-state index contributed by atoms with van der Waals surface area (Å²) in [4.78, 5) is 25.7. The summed E-state index contributed by atoms with van der Waals surface area (Å²) in [5.74, 6) is 1.17. The van der Waals surface area contributed by atoms with Crippen LogP contribution in [0.2, 0.25) is 0 Å². The van der Waals surface area contributed by atoms with Crippen LogP contribution in [0.25, 0.3) is 0 Å². The van der Waals surface area contributed by atoms with E-state index in [0.717, 1.165) is 22.6 Å². The van der Waals surface area contributed by atoms with Crippen molar-refractivity contribution in [3.8, 4) is 5.75 Å². The SMILES string of the molecule is CCOC(=O)CNC(=O)N1CCSC1c1cccc(OCc2ccccc2)c1. The van der Waals surface area contributed by atoms with Gasteiger partial charge in [-0.2, -0.15) is 0 Å². The molecule has 1 fully saturated rings. The Labute approximate surface area is 169 Å². The summed E-state index contributed by atoms with van der Waals surface area (Å²) in [6.07, 6.45) is 0. The number of hydrogen-bond donors (Lipinski definition) is 1. The van der Waals surface area contributed by atoms with Gasteiger partial charge < -0.3 is 19.7 Å². The second-order valence-corrected chi connectivity index (χ2v) is 7.42. The Balaban J connectivity index is 1.61. The van der Waals surface area contributed by atoms with Crippen LogP contribution in [-0.2, 0) is 16.1 Å². The molecule has 1 heterocycles. The fraction of sp³-hybridized carbons (Fsp3) is 0.333. The largest absolute Gasteiger partial charge is 0.489 e. The summed E-state index contributed by atoms with van der Waals surface area (Å²) >= 11 is 1.69. The minimum absolute atomic E-state index is 0.109. The molecule has 0 aliphatic carbocycles. The molecule has 1 aliphatic heterocycles. The maximum atomic E-state index is 12.5. The van der Waals surface area contributed by atoms with Crippen LogP contribution in [-0.4, -0.2) is 42.3 Å². The molecule has 1 aliphatic rings. The van der Waals surface area contributed by atoms with E-state index in [-0.39, 0.29) is 17.9 Å². The first-order valence-electron chi connectivity index (χ1n) is 9.25. The number of nitrogens with one attached hydrogen (secondary N) is 1. The van der Waals surface area contributed by atoms with E-state index in [1.54, 1.807) is 23.6 Å². The molecule has 0 spiro atoms. The zero-order valence-corrected chi connectivity index (χ0v) is 16.6. The van der Waals surface area contributed by atoms with Crippen molar-refractivity contribution in [3.05, 3.63) is 65.7 Å². The van der Waals surface area contributed by atoms with E-state index in [4.69, 9.17) is 9.47 Å². The van der Waals surface area contributed by atoms with E-state index in [2.05, 4.69) is 5.32 Å². The van der Waals surface area contributed by atoms with Crippen LogP contribution < -0.4 is 10.1 Å². The number of thioether (sulfide) groups is 1. The van der Waals surface area contributed by atoms with E-state index >= 15 is 0 Å². The zero-order valence-electron chi connectivity index (χ0n) is 15.8. The Bertz CT molecular complexity index is 800. The lowest BCUT2D eigenvalue weighted by Gasteiger charge is -2.24. The number of benzene rings is 2. The molecule has 2 amide bonds. The van der Waals surface area contributed by atoms with Gasteiger partial charge in [-0.25, -0.2) is 4.79 Å². The van der Waals surface area contributed by atoms with Crippen LogP contribution in [0.3, 0.4) is 0 Å². The summed E-state index contributed by atoms with van der Waals surface area (Å²) in [7, 11) is 0. The number of nitrogens with zero attached hydrogens (tertiary/aromatic N) is 1. The fourth-order valence-electron chi connectivity index (χ4n) is 2.91. The van der Waals surface area contributed by atoms with Gasteiger partial charge in [0.25, 0.3) is 0 Å². The maximum Gasteiger partial charge on any atom is 0.325 e. The molecule has 0 aromatic heterocycles. The lowest BCUT2D eigenvalue weighted by Crippen LogP contribution is -2.41. The van der Waals surface area contributed by atoms with Crippen molar-refractivity contribution in [2.24, 2.45) is 0 Å². The van der Waals surface area contributed by atoms with Gasteiger partial charge >= 0.3 is 12.0 Å². The first-order chi connectivity index (χ1) is 13.7. The Morgan fingerprint density at radius 1 is 1.18 bits per heavy atom. The molecule has 0 bridgehead atoms. The molecule has 0 saturated carbocycles. The quantitative estimate of drug-likeness (QED) is 0.720. The number of amides is 2. The molecular formula is C21H24N2O4S. The summed E-state index contributed by atoms with van der Waals surface area (Å²) in [6, 6.07) is 17.5. The third kappa shape index (κ3) is 5.42. The molecule has 6 nitrogen and oxygen atoms in total. The van der Waals surface area contributed by atoms with Gasteiger partial charge in [0, 0.05) is 12.3 Å². The summed E-state index contributed by atoms with van der Waals surface area (Å²) < 4.78 is 10.8. The smallest absolute Gasteiger partial charge is 0.325 e. The van der Waals surface area contributed by atoms with Crippen LogP contribution in [0.4, 0.5) is 4.79 Å². The van der Waals surface area contributed by atoms with E-state index in [1.807, 2.05) is 54.6 Å². The number of esters is 1. The highest BCUT2D eigenvalue weighted by Crippen LogP contribution is 2.38. The average molecular weight is 401 g/mol. The molecular weight excluding hydrogens is 376 g/mol. The highest BCUT2D eigenvalue weighted by atomic mass is 32.2. The number of carbonyl (C=O) groups is 2. The van der Waals surface area contributed by atoms with Gasteiger partial charge in [-0.1, -0.05) is 42.5 Å². The van der Waals surface area contributed by atoms with E-state index in [1.165, 1.54) is 0 Å². The van der Waals surface area contributed by atoms with Gasteiger partial charge in [0.15, 0.2) is 0 Å². The van der Waals surface area contributed by atoms with Crippen molar-refractivity contribution in [2.75, 3.05) is 25.4 Å². The highest BCUT2D eigenvalue weighted by Gasteiger charge is 2.31. The fourth-order valence-corrected chi connectivity index (χ4v) is 4.16. The topological polar surface area (TPSA) is 67.9 Å². The molecule has 0 radical (unpaired) electrons. The minimum atomic E-state index is -0.435. The first-order valence-corrected chi connectivity index (χ1v) is 10.3. The third-order valence-corrected chi connectivity index (χ3v) is 5.49. The lowest BCUT2D eigenvalue weighted by atomic mass is 10.2. The molecule has 1 unspecified atom stereocenters. The number of rotatable bonds is 7. The Morgan fingerprint density at radius 3 is 2.79 bits per heavy atom. The van der Waals surface area contributed by atoms with Crippen molar-refractivity contribution in [3.63, 3.8) is 0 Å². The standard InChI is InChI=1S/C21H24N2O4S/c1-2-26-19(24)14-22-21(25)23-11-12-28-20(23)17-9-6-10-18(13-17)27-15-16-7-4-3-5-8-16/h3-10,13,20H,2,11-12,14-15H2,1H3,(H,22,25). The van der Waals surface area contributed by atoms with Gasteiger partial charge in [-0.05, 0) is 30.2 Å². The molecule has 1 N–H and O–H groups in total. The van der Waals surface area contributed by atoms with Crippen LogP contribution >= 0.6 is 11.8 Å². The van der Waals surface area contributed by atoms with E-state index in [0.29, 0.717) is 19.8 Å². The predicted octanol–water partition coefficient (Wildman–Crippen LogP) is 3.59. The predicted molar refractivity (Wildman–Crippen MR) is 109 cm³/mol. The van der Waals surface area contributed by atoms with Gasteiger partial charge in [0.2, 0.25) is 0 Å². The molecule has 2 aromatic rings. The van der Waals surface area contributed by atoms with Crippen molar-refractivity contribution in [2.45, 2.75) is 18.9 Å². The molecule has 28 heavy (non-hydrogen) atoms. The number of ether oxygens (including phenoxy) is 2. The van der Waals surface area contributed by atoms with Gasteiger partial charge in [-0.3, -0.25) is 4.79 Å². The van der Waals surface area contributed by atoms with Crippen LogP contribution in [0.5, 0.6) is 5.75 Å². The second-order valence-electron chi connectivity index (χ2n) is 6.23. The average Bonchev–Trinajstić information content (AvgIpc) is 3.22. The maximum absolute atomic E-state index is 12.5. The Morgan fingerprint density at radius 2 is 2.00 bits per heavy atom. The molecule has 1 atom stereocenters. The lowest BCUT2D eigenvalue weighted by molar-refractivity contribution is -0.141. The van der Waals surface area contributed by atoms with Gasteiger partial charge in [0.05, 0.1) is 6.61 Å². The molecule has 2 aromatic carbocycles. The number of urea groups is 1. The highest BCUT2D eigenvalue weighted by molar-refractivity contribution is 7.99. The van der Waals surface area contributed by atoms with Crippen molar-refractivity contribution in [1.82, 2.24) is 10.2 Å².